The van der Waals surface area contributed by atoms with Crippen LogP contribution >= 0.6 is 11.8 Å². The van der Waals surface area contributed by atoms with E-state index >= 15 is 0 Å². The maximum atomic E-state index is 12.5. The molecule has 154 valence electrons. The van der Waals surface area contributed by atoms with E-state index in [4.69, 9.17) is 0 Å². The summed E-state index contributed by atoms with van der Waals surface area (Å²) in [6, 6.07) is 11.0. The lowest BCUT2D eigenvalue weighted by Crippen LogP contribution is -2.45. The van der Waals surface area contributed by atoms with Gasteiger partial charge < -0.3 is 15.1 Å². The molecule has 28 heavy (non-hydrogen) atoms. The molecule has 5 nitrogen and oxygen atoms in total. The van der Waals surface area contributed by atoms with Crippen molar-refractivity contribution in [3.63, 3.8) is 0 Å². The van der Waals surface area contributed by atoms with Crippen LogP contribution in [-0.2, 0) is 4.79 Å². The first-order chi connectivity index (χ1) is 13.7. The molecule has 1 N–H and O–H groups in total. The number of hydrogen-bond acceptors (Lipinski definition) is 3. The van der Waals surface area contributed by atoms with Crippen LogP contribution in [0.15, 0.2) is 40.2 Å². The molecule has 1 aromatic rings. The Morgan fingerprint density at radius 2 is 2.04 bits per heavy atom. The van der Waals surface area contributed by atoms with E-state index in [1.54, 1.807) is 0 Å². The molecular formula is C22H34N4OS. The number of aliphatic imine (C=N–C) groups is 1. The van der Waals surface area contributed by atoms with Crippen molar-refractivity contribution in [3.05, 3.63) is 30.3 Å². The second-order valence-corrected chi connectivity index (χ2v) is 8.97. The van der Waals surface area contributed by atoms with Crippen LogP contribution in [0.1, 0.15) is 39.0 Å². The highest BCUT2D eigenvalue weighted by atomic mass is 32.2. The second-order valence-electron chi connectivity index (χ2n) is 7.88. The Balaban J connectivity index is 1.38. The predicted molar refractivity (Wildman–Crippen MR) is 118 cm³/mol. The minimum atomic E-state index is 0.272. The number of amides is 1. The standard InChI is InChI=1S/C22H34N4OS/c1-18-8-6-7-14-26(18)21(27)11-13-24-22(23-2)25-15-12-19(16-25)17-28-20-9-4-3-5-10-20/h3-5,9-10,18-19H,6-8,11-17H2,1-2H3,(H,23,24). The predicted octanol–water partition coefficient (Wildman–Crippen LogP) is 3.47. The zero-order valence-corrected chi connectivity index (χ0v) is 18.1. The number of nitrogens with one attached hydrogen (secondary N) is 1. The topological polar surface area (TPSA) is 47.9 Å². The highest BCUT2D eigenvalue weighted by molar-refractivity contribution is 7.99. The molecule has 0 aliphatic carbocycles. The van der Waals surface area contributed by atoms with Gasteiger partial charge in [-0.1, -0.05) is 18.2 Å². The normalized spacial score (nSPS) is 23.1. The summed E-state index contributed by atoms with van der Waals surface area (Å²) in [5, 5.41) is 3.41. The molecule has 6 heteroatoms. The SMILES string of the molecule is CN=C(NCCC(=O)N1CCCCC1C)N1CCC(CSc2ccccc2)C1. The second kappa shape index (κ2) is 10.7. The van der Waals surface area contributed by atoms with Crippen molar-refractivity contribution < 1.29 is 4.79 Å². The third-order valence-electron chi connectivity index (χ3n) is 5.77. The Labute approximate surface area is 174 Å². The van der Waals surface area contributed by atoms with Crippen molar-refractivity contribution in [3.8, 4) is 0 Å². The highest BCUT2D eigenvalue weighted by Crippen LogP contribution is 2.25. The fourth-order valence-corrected chi connectivity index (χ4v) is 5.17. The minimum absolute atomic E-state index is 0.272. The first-order valence-electron chi connectivity index (χ1n) is 10.6. The molecule has 2 aliphatic heterocycles. The highest BCUT2D eigenvalue weighted by Gasteiger charge is 2.26. The minimum Gasteiger partial charge on any atom is -0.356 e. The number of piperidine rings is 1. The Morgan fingerprint density at radius 1 is 1.21 bits per heavy atom. The monoisotopic (exact) mass is 402 g/mol. The molecule has 2 aliphatic rings. The molecule has 1 aromatic carbocycles. The quantitative estimate of drug-likeness (QED) is 0.450. The summed E-state index contributed by atoms with van der Waals surface area (Å²) < 4.78 is 0. The van der Waals surface area contributed by atoms with Crippen LogP contribution in [0.25, 0.3) is 0 Å². The lowest BCUT2D eigenvalue weighted by Gasteiger charge is -2.33. The van der Waals surface area contributed by atoms with E-state index in [2.05, 4.69) is 57.4 Å². The number of guanidine groups is 1. The van der Waals surface area contributed by atoms with Gasteiger partial charge in [0.25, 0.3) is 0 Å². The first kappa shape index (κ1) is 21.0. The number of carbonyl (C=O) groups excluding carboxylic acids is 1. The van der Waals surface area contributed by atoms with Gasteiger partial charge in [0.2, 0.25) is 5.91 Å². The van der Waals surface area contributed by atoms with E-state index in [1.165, 1.54) is 17.7 Å². The van der Waals surface area contributed by atoms with Gasteiger partial charge in [0, 0.05) is 56.3 Å². The Hall–Kier alpha value is -1.69. The van der Waals surface area contributed by atoms with E-state index < -0.39 is 0 Å². The molecule has 0 radical (unpaired) electrons. The molecule has 0 spiro atoms. The maximum Gasteiger partial charge on any atom is 0.224 e. The molecule has 0 bridgehead atoms. The maximum absolute atomic E-state index is 12.5. The zero-order valence-electron chi connectivity index (χ0n) is 17.3. The van der Waals surface area contributed by atoms with Crippen molar-refractivity contribution in [2.45, 2.75) is 50.0 Å². The summed E-state index contributed by atoms with van der Waals surface area (Å²) in [6.07, 6.45) is 5.27. The van der Waals surface area contributed by atoms with Crippen LogP contribution in [0.5, 0.6) is 0 Å². The van der Waals surface area contributed by atoms with Crippen LogP contribution in [0, 0.1) is 5.92 Å². The van der Waals surface area contributed by atoms with Crippen molar-refractivity contribution in [2.75, 3.05) is 39.0 Å². The van der Waals surface area contributed by atoms with E-state index in [0.29, 0.717) is 24.9 Å². The number of likely N-dealkylation sites (tertiary alicyclic amines) is 2. The van der Waals surface area contributed by atoms with Crippen LogP contribution < -0.4 is 5.32 Å². The van der Waals surface area contributed by atoms with E-state index in [1.807, 2.05) is 18.8 Å². The van der Waals surface area contributed by atoms with E-state index in [-0.39, 0.29) is 5.91 Å². The van der Waals surface area contributed by atoms with Gasteiger partial charge in [0.05, 0.1) is 0 Å². The van der Waals surface area contributed by atoms with Crippen molar-refractivity contribution >= 4 is 23.6 Å². The van der Waals surface area contributed by atoms with Crippen molar-refractivity contribution in [1.29, 1.82) is 0 Å². The largest absolute Gasteiger partial charge is 0.356 e. The molecule has 1 amide bonds. The van der Waals surface area contributed by atoms with Crippen molar-refractivity contribution in [1.82, 2.24) is 15.1 Å². The number of thioether (sulfide) groups is 1. The molecule has 2 unspecified atom stereocenters. The fraction of sp³-hybridized carbons (Fsp3) is 0.636. The number of nitrogens with zero attached hydrogens (tertiary/aromatic N) is 3. The molecule has 2 fully saturated rings. The lowest BCUT2D eigenvalue weighted by atomic mass is 10.0. The Kier molecular flexibility index (Phi) is 8.07. The third kappa shape index (κ3) is 5.90. The summed E-state index contributed by atoms with van der Waals surface area (Å²) >= 11 is 1.94. The number of hydrogen-bond donors (Lipinski definition) is 1. The Morgan fingerprint density at radius 3 is 2.79 bits per heavy atom. The third-order valence-corrected chi connectivity index (χ3v) is 7.01. The summed E-state index contributed by atoms with van der Waals surface area (Å²) in [5.74, 6) is 3.03. The molecule has 3 rings (SSSR count). The van der Waals surface area contributed by atoms with Gasteiger partial charge in [-0.25, -0.2) is 0 Å². The first-order valence-corrected chi connectivity index (χ1v) is 11.6. The van der Waals surface area contributed by atoms with Gasteiger partial charge in [0.15, 0.2) is 5.96 Å². The van der Waals surface area contributed by atoms with Crippen LogP contribution in [0.2, 0.25) is 0 Å². The average molecular weight is 403 g/mol. The van der Waals surface area contributed by atoms with Gasteiger partial charge >= 0.3 is 0 Å². The fourth-order valence-electron chi connectivity index (χ4n) is 4.12. The van der Waals surface area contributed by atoms with Crippen LogP contribution in [0.4, 0.5) is 0 Å². The zero-order chi connectivity index (χ0) is 19.8. The number of rotatable bonds is 6. The van der Waals surface area contributed by atoms with E-state index in [0.717, 1.165) is 44.2 Å². The smallest absolute Gasteiger partial charge is 0.224 e. The summed E-state index contributed by atoms with van der Waals surface area (Å²) in [7, 11) is 1.84. The molecular weight excluding hydrogens is 368 g/mol. The summed E-state index contributed by atoms with van der Waals surface area (Å²) in [6.45, 7) is 5.82. The Bertz CT molecular complexity index is 651. The average Bonchev–Trinajstić information content (AvgIpc) is 3.19. The lowest BCUT2D eigenvalue weighted by molar-refractivity contribution is -0.134. The van der Waals surface area contributed by atoms with Gasteiger partial charge in [-0.05, 0) is 50.7 Å². The molecule has 0 aromatic heterocycles. The summed E-state index contributed by atoms with van der Waals surface area (Å²) in [5.41, 5.74) is 0. The number of benzene rings is 1. The van der Waals surface area contributed by atoms with Crippen molar-refractivity contribution in [2.24, 2.45) is 10.9 Å². The van der Waals surface area contributed by atoms with Crippen LogP contribution in [0.3, 0.4) is 0 Å². The molecule has 2 atom stereocenters. The van der Waals surface area contributed by atoms with Gasteiger partial charge in [-0.2, -0.15) is 0 Å². The van der Waals surface area contributed by atoms with Gasteiger partial charge in [-0.15, -0.1) is 11.8 Å². The molecule has 2 saturated heterocycles. The number of carbonyl (C=O) groups is 1. The van der Waals surface area contributed by atoms with Gasteiger partial charge in [0.1, 0.15) is 0 Å². The molecule has 0 saturated carbocycles. The van der Waals surface area contributed by atoms with Gasteiger partial charge in [-0.3, -0.25) is 9.79 Å². The van der Waals surface area contributed by atoms with Crippen LogP contribution in [-0.4, -0.2) is 66.7 Å². The summed E-state index contributed by atoms with van der Waals surface area (Å²) in [4.78, 5) is 22.7. The van der Waals surface area contributed by atoms with E-state index in [9.17, 15) is 4.79 Å². The molecule has 2 heterocycles.